The van der Waals surface area contributed by atoms with Crippen LogP contribution in [0.1, 0.15) is 17.5 Å². The molecule has 0 aromatic heterocycles. The van der Waals surface area contributed by atoms with Crippen LogP contribution in [-0.2, 0) is 11.2 Å². The highest BCUT2D eigenvalue weighted by atomic mass is 16.2. The van der Waals surface area contributed by atoms with Crippen molar-refractivity contribution >= 4 is 11.6 Å². The van der Waals surface area contributed by atoms with Gasteiger partial charge < -0.3 is 0 Å². The zero-order valence-corrected chi connectivity index (χ0v) is 8.60. The van der Waals surface area contributed by atoms with Crippen molar-refractivity contribution in [1.29, 1.82) is 0 Å². The number of amides is 1. The zero-order valence-electron chi connectivity index (χ0n) is 8.60. The van der Waals surface area contributed by atoms with E-state index < -0.39 is 0 Å². The van der Waals surface area contributed by atoms with E-state index in [1.54, 1.807) is 7.05 Å². The first-order valence-electron chi connectivity index (χ1n) is 5.19. The molecule has 3 nitrogen and oxygen atoms in total. The van der Waals surface area contributed by atoms with E-state index in [9.17, 15) is 4.79 Å². The quantitative estimate of drug-likeness (QED) is 0.623. The van der Waals surface area contributed by atoms with Gasteiger partial charge in [-0.25, -0.2) is 5.01 Å². The fourth-order valence-corrected chi connectivity index (χ4v) is 2.39. The van der Waals surface area contributed by atoms with E-state index in [1.165, 1.54) is 16.1 Å². The van der Waals surface area contributed by atoms with Crippen molar-refractivity contribution in [2.45, 2.75) is 12.8 Å². The summed E-state index contributed by atoms with van der Waals surface area (Å²) in [5.74, 6) is 0.433. The second kappa shape index (κ2) is 2.92. The van der Waals surface area contributed by atoms with Crippen molar-refractivity contribution in [1.82, 2.24) is 5.01 Å². The summed E-state index contributed by atoms with van der Waals surface area (Å²) in [6, 6.07) is 8.29. The van der Waals surface area contributed by atoms with Gasteiger partial charge in [-0.15, -0.1) is 0 Å². The Morgan fingerprint density at radius 1 is 1.33 bits per heavy atom. The molecule has 2 aliphatic rings. The molecule has 1 heterocycles. The Labute approximate surface area is 88.4 Å². The van der Waals surface area contributed by atoms with Gasteiger partial charge in [-0.05, 0) is 12.0 Å². The van der Waals surface area contributed by atoms with Crippen LogP contribution >= 0.6 is 0 Å². The van der Waals surface area contributed by atoms with E-state index in [0.717, 1.165) is 12.1 Å². The summed E-state index contributed by atoms with van der Waals surface area (Å²) in [5, 5.41) is 5.83. The number of carbonyl (C=O) groups excluding carboxylic acids is 1. The number of rotatable bonds is 0. The van der Waals surface area contributed by atoms with Gasteiger partial charge in [0.1, 0.15) is 0 Å². The van der Waals surface area contributed by atoms with Gasteiger partial charge in [0.05, 0.1) is 5.71 Å². The summed E-state index contributed by atoms with van der Waals surface area (Å²) < 4.78 is 0. The molecular weight excluding hydrogens is 188 g/mol. The van der Waals surface area contributed by atoms with E-state index >= 15 is 0 Å². The Morgan fingerprint density at radius 2 is 2.13 bits per heavy atom. The number of carbonyl (C=O) groups is 1. The molecule has 1 amide bonds. The maximum Gasteiger partial charge on any atom is 0.243 e. The maximum atomic E-state index is 11.5. The number of fused-ring (bicyclic) bond motifs is 3. The molecule has 0 radical (unpaired) electrons. The lowest BCUT2D eigenvalue weighted by atomic mass is 9.98. The number of hydrogen-bond acceptors (Lipinski definition) is 2. The summed E-state index contributed by atoms with van der Waals surface area (Å²) in [4.78, 5) is 11.5. The first-order valence-corrected chi connectivity index (χ1v) is 5.19. The van der Waals surface area contributed by atoms with Gasteiger partial charge >= 0.3 is 0 Å². The summed E-state index contributed by atoms with van der Waals surface area (Å²) in [7, 11) is 1.73. The Kier molecular flexibility index (Phi) is 1.69. The SMILES string of the molecule is CN1N=C2c3ccccc3C[C@@H]2CC1=O. The second-order valence-electron chi connectivity index (χ2n) is 4.16. The van der Waals surface area contributed by atoms with Gasteiger partial charge in [0.25, 0.3) is 0 Å². The largest absolute Gasteiger partial charge is 0.273 e. The Balaban J connectivity index is 2.11. The molecule has 0 saturated carbocycles. The Bertz CT molecular complexity index is 464. The molecule has 0 spiro atoms. The number of hydrazone groups is 1. The first kappa shape index (κ1) is 8.65. The van der Waals surface area contributed by atoms with E-state index in [4.69, 9.17) is 0 Å². The van der Waals surface area contributed by atoms with Gasteiger partial charge in [-0.1, -0.05) is 24.3 Å². The van der Waals surface area contributed by atoms with Crippen molar-refractivity contribution in [2.75, 3.05) is 7.05 Å². The highest BCUT2D eigenvalue weighted by Crippen LogP contribution is 2.32. The average Bonchev–Trinajstić information content (AvgIpc) is 2.57. The van der Waals surface area contributed by atoms with Crippen LogP contribution in [0.3, 0.4) is 0 Å². The topological polar surface area (TPSA) is 32.7 Å². The van der Waals surface area contributed by atoms with Crippen LogP contribution in [-0.4, -0.2) is 23.7 Å². The molecule has 1 aliphatic carbocycles. The maximum absolute atomic E-state index is 11.5. The molecular formula is C12H12N2O. The summed E-state index contributed by atoms with van der Waals surface area (Å²) in [6.07, 6.45) is 1.57. The molecule has 3 heteroatoms. The zero-order chi connectivity index (χ0) is 10.4. The van der Waals surface area contributed by atoms with Crippen LogP contribution < -0.4 is 0 Å². The third-order valence-corrected chi connectivity index (χ3v) is 3.19. The molecule has 0 bridgehead atoms. The van der Waals surface area contributed by atoms with Crippen molar-refractivity contribution < 1.29 is 4.79 Å². The van der Waals surface area contributed by atoms with Crippen LogP contribution in [0.2, 0.25) is 0 Å². The van der Waals surface area contributed by atoms with Crippen LogP contribution in [0, 0.1) is 5.92 Å². The van der Waals surface area contributed by atoms with Crippen LogP contribution in [0.5, 0.6) is 0 Å². The molecule has 1 aromatic carbocycles. The second-order valence-corrected chi connectivity index (χ2v) is 4.16. The third kappa shape index (κ3) is 1.19. The summed E-state index contributed by atoms with van der Waals surface area (Å²) >= 11 is 0. The molecule has 1 atom stereocenters. The fraction of sp³-hybridized carbons (Fsp3) is 0.333. The van der Waals surface area contributed by atoms with Gasteiger partial charge in [0.2, 0.25) is 5.91 Å². The molecule has 3 rings (SSSR count). The normalized spacial score (nSPS) is 23.5. The number of benzene rings is 1. The Hall–Kier alpha value is -1.64. The first-order chi connectivity index (χ1) is 7.25. The lowest BCUT2D eigenvalue weighted by Crippen LogP contribution is -2.33. The molecule has 0 fully saturated rings. The predicted octanol–water partition coefficient (Wildman–Crippen LogP) is 1.43. The van der Waals surface area contributed by atoms with Crippen molar-refractivity contribution in [3.05, 3.63) is 35.4 Å². The molecule has 1 aromatic rings. The molecule has 15 heavy (non-hydrogen) atoms. The van der Waals surface area contributed by atoms with Gasteiger partial charge in [-0.2, -0.15) is 5.10 Å². The smallest absolute Gasteiger partial charge is 0.243 e. The standard InChI is InChI=1S/C12H12N2O/c1-14-11(15)7-9-6-8-4-2-3-5-10(8)12(9)13-14/h2-5,9H,6-7H2,1H3/t9-/m1/s1. The molecule has 0 unspecified atom stereocenters. The van der Waals surface area contributed by atoms with Crippen molar-refractivity contribution in [3.63, 3.8) is 0 Å². The number of hydrogen-bond donors (Lipinski definition) is 0. The minimum atomic E-state index is 0.122. The van der Waals surface area contributed by atoms with Crippen molar-refractivity contribution in [3.8, 4) is 0 Å². The van der Waals surface area contributed by atoms with Crippen molar-refractivity contribution in [2.24, 2.45) is 11.0 Å². The molecule has 76 valence electrons. The van der Waals surface area contributed by atoms with Gasteiger partial charge in [0.15, 0.2) is 0 Å². The highest BCUT2D eigenvalue weighted by molar-refractivity contribution is 6.09. The minimum absolute atomic E-state index is 0.122. The molecule has 0 N–H and O–H groups in total. The minimum Gasteiger partial charge on any atom is -0.273 e. The van der Waals surface area contributed by atoms with Gasteiger partial charge in [0, 0.05) is 24.9 Å². The Morgan fingerprint density at radius 3 is 3.00 bits per heavy atom. The summed E-state index contributed by atoms with van der Waals surface area (Å²) in [5.41, 5.74) is 3.64. The molecule has 1 aliphatic heterocycles. The summed E-state index contributed by atoms with van der Waals surface area (Å²) in [6.45, 7) is 0. The highest BCUT2D eigenvalue weighted by Gasteiger charge is 2.34. The predicted molar refractivity (Wildman–Crippen MR) is 57.6 cm³/mol. The average molecular weight is 200 g/mol. The van der Waals surface area contributed by atoms with E-state index in [2.05, 4.69) is 17.2 Å². The lowest BCUT2D eigenvalue weighted by molar-refractivity contribution is -0.131. The monoisotopic (exact) mass is 200 g/mol. The van der Waals surface area contributed by atoms with E-state index in [0.29, 0.717) is 12.3 Å². The van der Waals surface area contributed by atoms with Crippen LogP contribution in [0.25, 0.3) is 0 Å². The van der Waals surface area contributed by atoms with Crippen LogP contribution in [0.15, 0.2) is 29.4 Å². The lowest BCUT2D eigenvalue weighted by Gasteiger charge is -2.22. The third-order valence-electron chi connectivity index (χ3n) is 3.19. The number of nitrogens with zero attached hydrogens (tertiary/aromatic N) is 2. The fourth-order valence-electron chi connectivity index (χ4n) is 2.39. The van der Waals surface area contributed by atoms with Crippen LogP contribution in [0.4, 0.5) is 0 Å². The van der Waals surface area contributed by atoms with E-state index in [-0.39, 0.29) is 5.91 Å². The van der Waals surface area contributed by atoms with E-state index in [1.807, 2.05) is 12.1 Å². The molecule has 0 saturated heterocycles. The van der Waals surface area contributed by atoms with Gasteiger partial charge in [-0.3, -0.25) is 4.79 Å².